The monoisotopic (exact) mass is 392 g/mol. The van der Waals surface area contributed by atoms with Crippen LogP contribution >= 0.6 is 0 Å². The second-order valence-electron chi connectivity index (χ2n) is 7.04. The van der Waals surface area contributed by atoms with E-state index in [9.17, 15) is 0 Å². The van der Waals surface area contributed by atoms with Crippen LogP contribution in [0, 0.1) is 0 Å². The molecule has 2 unspecified atom stereocenters. The van der Waals surface area contributed by atoms with E-state index in [2.05, 4.69) is 50.6 Å². The summed E-state index contributed by atoms with van der Waals surface area (Å²) in [5.74, 6) is 0. The lowest BCUT2D eigenvalue weighted by atomic mass is 10.4. The molecule has 0 spiro atoms. The van der Waals surface area contributed by atoms with Gasteiger partial charge >= 0.3 is 17.1 Å². The molecule has 152 valence electrons. The highest BCUT2D eigenvalue weighted by atomic mass is 28.5. The maximum atomic E-state index is 6.62. The molecule has 0 aliphatic carbocycles. The van der Waals surface area contributed by atoms with E-state index in [0.717, 1.165) is 64.2 Å². The van der Waals surface area contributed by atoms with Crippen LogP contribution in [0.2, 0.25) is 25.2 Å². The summed E-state index contributed by atoms with van der Waals surface area (Å²) >= 11 is 0. The quantitative estimate of drug-likeness (QED) is 0.372. The molecule has 0 aliphatic rings. The molecule has 25 heavy (non-hydrogen) atoms. The van der Waals surface area contributed by atoms with Crippen LogP contribution in [0.1, 0.15) is 40.5 Å². The summed E-state index contributed by atoms with van der Waals surface area (Å²) < 4.78 is 18.4. The van der Waals surface area contributed by atoms with Crippen molar-refractivity contribution in [2.24, 2.45) is 0 Å². The lowest BCUT2D eigenvalue weighted by Gasteiger charge is -2.36. The minimum Gasteiger partial charge on any atom is -0.415 e. The van der Waals surface area contributed by atoms with Crippen molar-refractivity contribution in [3.05, 3.63) is 0 Å². The van der Waals surface area contributed by atoms with Crippen molar-refractivity contribution >= 4 is 17.1 Å². The number of nitrogens with zero attached hydrogens (tertiary/aromatic N) is 2. The predicted octanol–water partition coefficient (Wildman–Crippen LogP) is 3.90. The maximum Gasteiger partial charge on any atom is 0.325 e. The van der Waals surface area contributed by atoms with Crippen molar-refractivity contribution < 1.29 is 13.0 Å². The van der Waals surface area contributed by atoms with Crippen LogP contribution in [0.25, 0.3) is 0 Å². The summed E-state index contributed by atoms with van der Waals surface area (Å²) in [6.45, 7) is 20.0. The summed E-state index contributed by atoms with van der Waals surface area (Å²) in [6.07, 6.45) is 2.26. The Morgan fingerprint density at radius 2 is 0.960 bits per heavy atom. The highest BCUT2D eigenvalue weighted by Crippen LogP contribution is 2.25. The molecule has 0 N–H and O–H groups in total. The molecular weight excluding hydrogens is 348 g/mol. The van der Waals surface area contributed by atoms with E-state index >= 15 is 0 Å². The van der Waals surface area contributed by atoms with Crippen LogP contribution < -0.4 is 0 Å². The van der Waals surface area contributed by atoms with Gasteiger partial charge < -0.3 is 22.8 Å². The summed E-state index contributed by atoms with van der Waals surface area (Å²) in [4.78, 5) is 4.92. The van der Waals surface area contributed by atoms with Crippen LogP contribution in [0.3, 0.4) is 0 Å². The summed E-state index contributed by atoms with van der Waals surface area (Å²) in [5, 5.41) is 0. The Kier molecular flexibility index (Phi) is 13.5. The van der Waals surface area contributed by atoms with Crippen LogP contribution in [-0.2, 0) is 13.0 Å². The molecule has 0 radical (unpaired) electrons. The average molecular weight is 393 g/mol. The highest BCUT2D eigenvalue weighted by Gasteiger charge is 2.41. The molecule has 0 aliphatic heterocycles. The summed E-state index contributed by atoms with van der Waals surface area (Å²) in [6, 6.07) is 2.06. The van der Waals surface area contributed by atoms with Gasteiger partial charge in [0, 0.05) is 14.2 Å². The molecule has 5 nitrogen and oxygen atoms in total. The minimum atomic E-state index is -2.17. The van der Waals surface area contributed by atoms with Gasteiger partial charge in [-0.1, -0.05) is 27.7 Å². The molecular formula is C18H44N2O3Si2. The zero-order chi connectivity index (χ0) is 19.3. The van der Waals surface area contributed by atoms with Gasteiger partial charge in [0.15, 0.2) is 0 Å². The Hall–Kier alpha value is 0.234. The van der Waals surface area contributed by atoms with Crippen molar-refractivity contribution in [2.45, 2.75) is 65.7 Å². The molecule has 7 heteroatoms. The van der Waals surface area contributed by atoms with E-state index in [-0.39, 0.29) is 0 Å². The van der Waals surface area contributed by atoms with Gasteiger partial charge in [0.1, 0.15) is 0 Å². The lowest BCUT2D eigenvalue weighted by molar-refractivity contribution is 0.231. The first-order chi connectivity index (χ1) is 11.8. The zero-order valence-corrected chi connectivity index (χ0v) is 20.2. The van der Waals surface area contributed by atoms with E-state index < -0.39 is 17.1 Å². The van der Waals surface area contributed by atoms with Gasteiger partial charge in [0.25, 0.3) is 0 Å². The zero-order valence-electron chi connectivity index (χ0n) is 18.2. The third-order valence-corrected chi connectivity index (χ3v) is 13.0. The van der Waals surface area contributed by atoms with Gasteiger partial charge in [-0.15, -0.1) is 0 Å². The number of hydrogen-bond acceptors (Lipinski definition) is 5. The fourth-order valence-electron chi connectivity index (χ4n) is 3.17. The number of rotatable bonds is 16. The van der Waals surface area contributed by atoms with Crippen molar-refractivity contribution in [3.8, 4) is 0 Å². The topological polar surface area (TPSA) is 34.2 Å². The molecule has 0 saturated carbocycles. The molecule has 0 fully saturated rings. The van der Waals surface area contributed by atoms with E-state index in [1.807, 2.05) is 14.2 Å². The maximum absolute atomic E-state index is 6.62. The molecule has 0 heterocycles. The molecule has 0 bridgehead atoms. The van der Waals surface area contributed by atoms with Crippen molar-refractivity contribution in [1.82, 2.24) is 9.80 Å². The predicted molar refractivity (Wildman–Crippen MR) is 113 cm³/mol. The van der Waals surface area contributed by atoms with Gasteiger partial charge in [0.2, 0.25) is 0 Å². The molecule has 0 aromatic heterocycles. The molecule has 0 amide bonds. The molecule has 0 aromatic rings. The average Bonchev–Trinajstić information content (AvgIpc) is 2.62. The standard InChI is InChI=1S/C18H44N2O3Si2/c1-9-19(10-2)15-13-17-24(7,21-5)23-25(8,22-6)18-14-16-20(11-3)12-4/h9-18H2,1-8H3. The summed E-state index contributed by atoms with van der Waals surface area (Å²) in [5.41, 5.74) is 0. The molecule has 0 saturated heterocycles. The fourth-order valence-corrected chi connectivity index (χ4v) is 10.3. The fraction of sp³-hybridized carbons (Fsp3) is 1.00. The van der Waals surface area contributed by atoms with Gasteiger partial charge in [0.05, 0.1) is 0 Å². The smallest absolute Gasteiger partial charge is 0.325 e. The van der Waals surface area contributed by atoms with Crippen molar-refractivity contribution in [1.29, 1.82) is 0 Å². The first-order valence-corrected chi connectivity index (χ1v) is 15.1. The third-order valence-electron chi connectivity index (χ3n) is 5.29. The first kappa shape index (κ1) is 25.2. The molecule has 0 rings (SSSR count). The Morgan fingerprint density at radius 3 is 1.20 bits per heavy atom. The molecule has 2 atom stereocenters. The van der Waals surface area contributed by atoms with Crippen molar-refractivity contribution in [2.75, 3.05) is 53.5 Å². The highest BCUT2D eigenvalue weighted by molar-refractivity contribution is 6.80. The summed E-state index contributed by atoms with van der Waals surface area (Å²) in [7, 11) is -0.720. The van der Waals surface area contributed by atoms with Crippen LogP contribution in [-0.4, -0.2) is 80.4 Å². The Labute approximate surface area is 159 Å². The van der Waals surface area contributed by atoms with Gasteiger partial charge in [-0.2, -0.15) is 0 Å². The second kappa shape index (κ2) is 13.4. The third kappa shape index (κ3) is 10.2. The first-order valence-electron chi connectivity index (χ1n) is 10.1. The van der Waals surface area contributed by atoms with Gasteiger partial charge in [-0.25, -0.2) is 0 Å². The van der Waals surface area contributed by atoms with Crippen molar-refractivity contribution in [3.63, 3.8) is 0 Å². The van der Waals surface area contributed by atoms with Crippen LogP contribution in [0.5, 0.6) is 0 Å². The largest absolute Gasteiger partial charge is 0.415 e. The van der Waals surface area contributed by atoms with E-state index in [0.29, 0.717) is 0 Å². The SMILES string of the molecule is CCN(CC)CCC[Si](C)(OC)O[Si](C)(CCCN(CC)CC)OC. The number of hydrogen-bond donors (Lipinski definition) is 0. The minimum absolute atomic E-state index is 1.03. The Morgan fingerprint density at radius 1 is 0.640 bits per heavy atom. The van der Waals surface area contributed by atoms with Crippen LogP contribution in [0.15, 0.2) is 0 Å². The normalized spacial score (nSPS) is 17.0. The van der Waals surface area contributed by atoms with E-state index in [1.165, 1.54) is 0 Å². The van der Waals surface area contributed by atoms with Gasteiger partial charge in [-0.3, -0.25) is 0 Å². The van der Waals surface area contributed by atoms with Gasteiger partial charge in [-0.05, 0) is 77.3 Å². The second-order valence-corrected chi connectivity index (χ2v) is 14.2. The lowest BCUT2D eigenvalue weighted by Crippen LogP contribution is -2.51. The molecule has 0 aromatic carbocycles. The Balaban J connectivity index is 4.57. The van der Waals surface area contributed by atoms with Crippen LogP contribution in [0.4, 0.5) is 0 Å². The van der Waals surface area contributed by atoms with E-state index in [4.69, 9.17) is 13.0 Å². The van der Waals surface area contributed by atoms with E-state index in [1.54, 1.807) is 0 Å². The Bertz CT molecular complexity index is 301.